The molecule has 0 bridgehead atoms. The first-order chi connectivity index (χ1) is 12.2. The first-order valence-corrected chi connectivity index (χ1v) is 9.97. The number of halogens is 1. The van der Waals surface area contributed by atoms with Crippen LogP contribution < -0.4 is 5.32 Å². The van der Waals surface area contributed by atoms with Crippen molar-refractivity contribution in [1.29, 1.82) is 0 Å². The molecular formula is C20H26BrN3O. The second-order valence-corrected chi connectivity index (χ2v) is 7.92. The van der Waals surface area contributed by atoms with Gasteiger partial charge in [-0.3, -0.25) is 9.48 Å². The topological polar surface area (TPSA) is 46.9 Å². The number of hydrogen-bond donors (Lipinski definition) is 1. The molecule has 4 nitrogen and oxygen atoms in total. The largest absolute Gasteiger partial charge is 0.355 e. The summed E-state index contributed by atoms with van der Waals surface area (Å²) in [6.45, 7) is 1.53. The van der Waals surface area contributed by atoms with E-state index in [1.54, 1.807) is 6.20 Å². The summed E-state index contributed by atoms with van der Waals surface area (Å²) in [4.78, 5) is 12.3. The highest BCUT2D eigenvalue weighted by molar-refractivity contribution is 9.10. The molecule has 1 aromatic carbocycles. The van der Waals surface area contributed by atoms with Gasteiger partial charge in [0.05, 0.1) is 0 Å². The number of aromatic nitrogens is 2. The molecule has 0 radical (unpaired) electrons. The SMILES string of the molecule is O=C(CCCn1cccn1)NCC1(c2cccc(Br)c2)CCCCC1. The van der Waals surface area contributed by atoms with Gasteiger partial charge in [0.1, 0.15) is 0 Å². The van der Waals surface area contributed by atoms with E-state index in [-0.39, 0.29) is 11.3 Å². The van der Waals surface area contributed by atoms with Crippen molar-refractivity contribution in [3.05, 3.63) is 52.8 Å². The van der Waals surface area contributed by atoms with Gasteiger partial charge in [-0.25, -0.2) is 0 Å². The predicted octanol–water partition coefficient (Wildman–Crippen LogP) is 4.44. The number of nitrogens with zero attached hydrogens (tertiary/aromatic N) is 2. The van der Waals surface area contributed by atoms with Gasteiger partial charge < -0.3 is 5.32 Å². The van der Waals surface area contributed by atoms with E-state index in [0.29, 0.717) is 6.42 Å². The van der Waals surface area contributed by atoms with Gasteiger partial charge in [0.15, 0.2) is 0 Å². The lowest BCUT2D eigenvalue weighted by Crippen LogP contribution is -2.42. The highest BCUT2D eigenvalue weighted by Crippen LogP contribution is 2.39. The van der Waals surface area contributed by atoms with E-state index in [9.17, 15) is 4.79 Å². The third-order valence-corrected chi connectivity index (χ3v) is 5.72. The fraction of sp³-hybridized carbons (Fsp3) is 0.500. The van der Waals surface area contributed by atoms with Crippen molar-refractivity contribution < 1.29 is 4.79 Å². The summed E-state index contributed by atoms with van der Waals surface area (Å²) in [6, 6.07) is 10.5. The van der Waals surface area contributed by atoms with E-state index in [4.69, 9.17) is 0 Å². The van der Waals surface area contributed by atoms with Crippen molar-refractivity contribution in [1.82, 2.24) is 15.1 Å². The van der Waals surface area contributed by atoms with Gasteiger partial charge in [-0.2, -0.15) is 5.10 Å². The lowest BCUT2D eigenvalue weighted by Gasteiger charge is -2.38. The second kappa shape index (κ2) is 8.65. The van der Waals surface area contributed by atoms with Crippen LogP contribution in [0.25, 0.3) is 0 Å². The minimum atomic E-state index is 0.0830. The molecule has 1 aliphatic rings. The van der Waals surface area contributed by atoms with Gasteiger partial charge in [-0.15, -0.1) is 0 Å². The molecule has 1 heterocycles. The van der Waals surface area contributed by atoms with Gasteiger partial charge in [0.25, 0.3) is 0 Å². The molecule has 2 aromatic rings. The number of carbonyl (C=O) groups excluding carboxylic acids is 1. The Morgan fingerprint density at radius 2 is 2.08 bits per heavy atom. The third kappa shape index (κ3) is 4.94. The summed E-state index contributed by atoms with van der Waals surface area (Å²) < 4.78 is 2.98. The molecule has 0 saturated heterocycles. The molecule has 0 aliphatic heterocycles. The Kier molecular flexibility index (Phi) is 6.29. The van der Waals surface area contributed by atoms with E-state index in [1.807, 2.05) is 16.9 Å². The molecule has 0 unspecified atom stereocenters. The van der Waals surface area contributed by atoms with E-state index in [1.165, 1.54) is 24.8 Å². The Hall–Kier alpha value is -1.62. The number of benzene rings is 1. The van der Waals surface area contributed by atoms with Crippen molar-refractivity contribution >= 4 is 21.8 Å². The average Bonchev–Trinajstić information content (AvgIpc) is 3.14. The molecule has 1 N–H and O–H groups in total. The maximum Gasteiger partial charge on any atom is 0.220 e. The summed E-state index contributed by atoms with van der Waals surface area (Å²) in [6.07, 6.45) is 11.1. The van der Waals surface area contributed by atoms with E-state index >= 15 is 0 Å². The average molecular weight is 404 g/mol. The van der Waals surface area contributed by atoms with Crippen LogP contribution in [0.4, 0.5) is 0 Å². The van der Waals surface area contributed by atoms with E-state index in [2.05, 4.69) is 50.6 Å². The predicted molar refractivity (Wildman–Crippen MR) is 103 cm³/mol. The van der Waals surface area contributed by atoms with E-state index < -0.39 is 0 Å². The lowest BCUT2D eigenvalue weighted by atomic mass is 9.69. The molecule has 1 aliphatic carbocycles. The molecule has 3 rings (SSSR count). The second-order valence-electron chi connectivity index (χ2n) is 7.00. The lowest BCUT2D eigenvalue weighted by molar-refractivity contribution is -0.121. The summed E-state index contributed by atoms with van der Waals surface area (Å²) in [5.41, 5.74) is 1.43. The van der Waals surface area contributed by atoms with Crippen LogP contribution in [-0.4, -0.2) is 22.2 Å². The maximum atomic E-state index is 12.3. The smallest absolute Gasteiger partial charge is 0.220 e. The summed E-state index contributed by atoms with van der Waals surface area (Å²) in [7, 11) is 0. The molecule has 134 valence electrons. The minimum absolute atomic E-state index is 0.0830. The number of hydrogen-bond acceptors (Lipinski definition) is 2. The quantitative estimate of drug-likeness (QED) is 0.742. The number of aryl methyl sites for hydroxylation is 1. The molecular weight excluding hydrogens is 378 g/mol. The number of carbonyl (C=O) groups is 1. The van der Waals surface area contributed by atoms with Crippen LogP contribution in [0.1, 0.15) is 50.5 Å². The number of amides is 1. The monoisotopic (exact) mass is 403 g/mol. The fourth-order valence-corrected chi connectivity index (χ4v) is 4.20. The number of rotatable bonds is 7. The minimum Gasteiger partial charge on any atom is -0.355 e. The Morgan fingerprint density at radius 1 is 1.24 bits per heavy atom. The Morgan fingerprint density at radius 3 is 2.80 bits per heavy atom. The third-order valence-electron chi connectivity index (χ3n) is 5.22. The standard InChI is InChI=1S/C20H26BrN3O/c21-18-8-4-7-17(15-18)20(10-2-1-3-11-20)16-22-19(25)9-5-13-24-14-6-12-23-24/h4,6-8,12,14-15H,1-3,5,9-11,13,16H2,(H,22,25). The van der Waals surface area contributed by atoms with Crippen LogP contribution in [0.3, 0.4) is 0 Å². The van der Waals surface area contributed by atoms with Crippen molar-refractivity contribution in [3.63, 3.8) is 0 Å². The maximum absolute atomic E-state index is 12.3. The summed E-state index contributed by atoms with van der Waals surface area (Å²) in [5.74, 6) is 0.145. The number of nitrogens with one attached hydrogen (secondary N) is 1. The van der Waals surface area contributed by atoms with E-state index in [0.717, 1.165) is 36.8 Å². The molecule has 0 atom stereocenters. The Balaban J connectivity index is 1.56. The van der Waals surface area contributed by atoms with Crippen molar-refractivity contribution in [2.24, 2.45) is 0 Å². The Labute approximate surface area is 158 Å². The zero-order chi connectivity index (χ0) is 17.5. The van der Waals surface area contributed by atoms with Gasteiger partial charge in [-0.05, 0) is 43.0 Å². The Bertz CT molecular complexity index is 678. The van der Waals surface area contributed by atoms with Crippen molar-refractivity contribution in [3.8, 4) is 0 Å². The van der Waals surface area contributed by atoms with Crippen molar-refractivity contribution in [2.45, 2.75) is 56.9 Å². The van der Waals surface area contributed by atoms with Crippen LogP contribution >= 0.6 is 15.9 Å². The fourth-order valence-electron chi connectivity index (χ4n) is 3.80. The van der Waals surface area contributed by atoms with Crippen LogP contribution in [0.5, 0.6) is 0 Å². The van der Waals surface area contributed by atoms with Crippen LogP contribution in [0.2, 0.25) is 0 Å². The molecule has 0 spiro atoms. The summed E-state index contributed by atoms with van der Waals surface area (Å²) >= 11 is 3.59. The normalized spacial score (nSPS) is 16.5. The van der Waals surface area contributed by atoms with Crippen LogP contribution in [0.15, 0.2) is 47.2 Å². The van der Waals surface area contributed by atoms with Gasteiger partial charge >= 0.3 is 0 Å². The highest BCUT2D eigenvalue weighted by Gasteiger charge is 2.34. The van der Waals surface area contributed by atoms with Gasteiger partial charge in [0.2, 0.25) is 5.91 Å². The molecule has 25 heavy (non-hydrogen) atoms. The zero-order valence-electron chi connectivity index (χ0n) is 14.6. The molecule has 1 amide bonds. The highest BCUT2D eigenvalue weighted by atomic mass is 79.9. The van der Waals surface area contributed by atoms with Crippen LogP contribution in [0, 0.1) is 0 Å². The molecule has 1 saturated carbocycles. The van der Waals surface area contributed by atoms with Gasteiger partial charge in [0, 0.05) is 41.8 Å². The molecule has 1 fully saturated rings. The first kappa shape index (κ1) is 18.2. The van der Waals surface area contributed by atoms with Crippen LogP contribution in [-0.2, 0) is 16.8 Å². The zero-order valence-corrected chi connectivity index (χ0v) is 16.2. The first-order valence-electron chi connectivity index (χ1n) is 9.18. The summed E-state index contributed by atoms with van der Waals surface area (Å²) in [5, 5.41) is 7.38. The van der Waals surface area contributed by atoms with Gasteiger partial charge in [-0.1, -0.05) is 47.3 Å². The molecule has 5 heteroatoms. The molecule has 1 aromatic heterocycles. The van der Waals surface area contributed by atoms with Crippen molar-refractivity contribution in [2.75, 3.05) is 6.54 Å².